The molecule has 0 heterocycles. The van der Waals surface area contributed by atoms with E-state index < -0.39 is 23.9 Å². The Morgan fingerprint density at radius 3 is 0.317 bits per heavy atom. The summed E-state index contributed by atoms with van der Waals surface area (Å²) in [4.78, 5) is 40.9. The second-order valence-electron chi connectivity index (χ2n) is 24.3. The molecule has 0 rings (SSSR count). The quantitative estimate of drug-likeness (QED) is 0.0430. The van der Waals surface area contributed by atoms with Crippen LogP contribution in [0, 0.1) is 0 Å². The second kappa shape index (κ2) is 89.8. The molecule has 0 unspecified atom stereocenters. The average molecular weight is 1290 g/mol. The number of unbranched alkanes of at least 4 members (excludes halogenated alkanes) is 56. The largest absolute Gasteiger partial charge is 2.00 e. The van der Waals surface area contributed by atoms with Crippen molar-refractivity contribution < 1.29 is 66.9 Å². The van der Waals surface area contributed by atoms with Gasteiger partial charge in [0.15, 0.2) is 0 Å². The van der Waals surface area contributed by atoms with Crippen molar-refractivity contribution in [3.63, 3.8) is 0 Å². The van der Waals surface area contributed by atoms with Crippen molar-refractivity contribution in [1.82, 2.24) is 0 Å². The van der Waals surface area contributed by atoms with Gasteiger partial charge in [-0.25, -0.2) is 0 Å². The van der Waals surface area contributed by atoms with Crippen LogP contribution >= 0.6 is 0 Å². The van der Waals surface area contributed by atoms with Crippen molar-refractivity contribution in [2.45, 2.75) is 439 Å². The van der Waals surface area contributed by atoms with Gasteiger partial charge in [-0.1, -0.05) is 387 Å². The summed E-state index contributed by atoms with van der Waals surface area (Å²) in [7, 11) is 0. The van der Waals surface area contributed by atoms with Gasteiger partial charge in [0, 0.05) is 23.9 Å². The minimum atomic E-state index is -0.903. The Labute approximate surface area is 562 Å². The zero-order valence-electron chi connectivity index (χ0n) is 55.9. The van der Waals surface area contributed by atoms with E-state index in [1.54, 1.807) is 0 Å². The first kappa shape index (κ1) is 93.2. The number of carbonyl (C=O) groups excluding carboxylic acids is 4. The second-order valence-corrected chi connectivity index (χ2v) is 24.3. The van der Waals surface area contributed by atoms with Gasteiger partial charge >= 0.3 is 65.0 Å². The molecule has 0 aliphatic rings. The Bertz CT molecular complexity index is 998. The van der Waals surface area contributed by atoms with E-state index in [-0.39, 0.29) is 90.7 Å². The minimum Gasteiger partial charge on any atom is -0.550 e. The molecule has 0 aromatic carbocycles. The van der Waals surface area contributed by atoms with E-state index in [9.17, 15) is 39.6 Å². The predicted octanol–water partition coefficient (Wildman–Crippen LogP) is 19.6. The van der Waals surface area contributed by atoms with Crippen LogP contribution in [0.25, 0.3) is 0 Å². The first-order chi connectivity index (χ1) is 39.1. The smallest absolute Gasteiger partial charge is 0.550 e. The molecule has 0 atom stereocenters. The van der Waals surface area contributed by atoms with Gasteiger partial charge in [-0.2, -0.15) is 0 Å². The molecule has 0 aromatic heterocycles. The van der Waals surface area contributed by atoms with Crippen LogP contribution in [-0.4, -0.2) is 61.6 Å². The summed E-state index contributed by atoms with van der Waals surface area (Å²) < 4.78 is 0. The van der Waals surface area contributed by atoms with Crippen LogP contribution in [-0.2, 0) is 46.5 Å². The number of carbonyl (C=O) groups is 4. The molecule has 8 nitrogen and oxygen atoms in total. The molecule has 0 aliphatic heterocycles. The summed E-state index contributed by atoms with van der Waals surface area (Å²) in [5.41, 5.74) is 0. The number of carboxylic acid groups (broad SMARTS) is 4. The van der Waals surface area contributed by atoms with Crippen LogP contribution in [0.15, 0.2) is 0 Å². The van der Waals surface area contributed by atoms with Gasteiger partial charge in [0.2, 0.25) is 0 Å². The fraction of sp³-hybridized carbons (Fsp3) is 0.944. The Hall–Kier alpha value is 0.0618. The van der Waals surface area contributed by atoms with Crippen molar-refractivity contribution in [3.05, 3.63) is 0 Å². The van der Waals surface area contributed by atoms with Crippen LogP contribution in [0.2, 0.25) is 0 Å². The van der Waals surface area contributed by atoms with Gasteiger partial charge in [-0.05, 0) is 51.4 Å². The van der Waals surface area contributed by atoms with Crippen molar-refractivity contribution in [2.75, 3.05) is 0 Å². The monoisotopic (exact) mass is 1290 g/mol. The molecule has 0 radical (unpaired) electrons. The van der Waals surface area contributed by atoms with Crippen molar-refractivity contribution >= 4 is 61.6 Å². The van der Waals surface area contributed by atoms with Gasteiger partial charge in [0.25, 0.3) is 0 Å². The number of hydrogen-bond donors (Lipinski definition) is 0. The SMILES string of the molecule is CCCCCCCCCCCCCCCCCC(=O)[O-].CCCCCCCCCCCCCCCCCC(=O)[O-].CCCCCCCCCCCCCCCCCC(=O)[O-].CCCCCCCCCCCCCCCCCC(=O)[O-].[Ca+2].[Cd+2]. The maximum atomic E-state index is 10.2. The molecule has 0 amide bonds. The first-order valence-electron chi connectivity index (χ1n) is 35.9. The number of carboxylic acids is 4. The zero-order valence-corrected chi connectivity index (χ0v) is 62.2. The molecule has 0 aliphatic carbocycles. The van der Waals surface area contributed by atoms with Crippen molar-refractivity contribution in [2.24, 2.45) is 0 Å². The third kappa shape index (κ3) is 108. The van der Waals surface area contributed by atoms with Crippen LogP contribution in [0.3, 0.4) is 0 Å². The Morgan fingerprint density at radius 2 is 0.244 bits per heavy atom. The summed E-state index contributed by atoms with van der Waals surface area (Å²) in [5, 5.41) is 40.9. The molecule has 0 aromatic rings. The summed E-state index contributed by atoms with van der Waals surface area (Å²) in [6.45, 7) is 9.07. The topological polar surface area (TPSA) is 161 Å². The van der Waals surface area contributed by atoms with Crippen molar-refractivity contribution in [3.8, 4) is 0 Å². The molecule has 0 bridgehead atoms. The molecule has 82 heavy (non-hydrogen) atoms. The third-order valence-corrected chi connectivity index (χ3v) is 15.9. The Morgan fingerprint density at radius 1 is 0.171 bits per heavy atom. The number of aliphatic carboxylic acids is 4. The Kier molecular flexibility index (Phi) is 102. The molecule has 0 saturated carbocycles. The van der Waals surface area contributed by atoms with Gasteiger partial charge in [-0.3, -0.25) is 0 Å². The van der Waals surface area contributed by atoms with E-state index in [2.05, 4.69) is 27.7 Å². The van der Waals surface area contributed by atoms with Gasteiger partial charge < -0.3 is 39.6 Å². The Balaban J connectivity index is -0.000000233. The molecule has 0 spiro atoms. The normalized spacial score (nSPS) is 10.6. The summed E-state index contributed by atoms with van der Waals surface area (Å²) in [6, 6.07) is 0. The van der Waals surface area contributed by atoms with Gasteiger partial charge in [-0.15, -0.1) is 0 Å². The third-order valence-electron chi connectivity index (χ3n) is 15.9. The maximum absolute atomic E-state index is 10.2. The zero-order chi connectivity index (χ0) is 59.6. The van der Waals surface area contributed by atoms with E-state index >= 15 is 0 Å². The van der Waals surface area contributed by atoms with Gasteiger partial charge in [0.05, 0.1) is 0 Å². The van der Waals surface area contributed by atoms with E-state index in [1.165, 1.54) is 334 Å². The molecule has 10 heteroatoms. The van der Waals surface area contributed by atoms with Crippen molar-refractivity contribution in [1.29, 1.82) is 0 Å². The fourth-order valence-electron chi connectivity index (χ4n) is 10.6. The minimum absolute atomic E-state index is 0. The van der Waals surface area contributed by atoms with E-state index in [0.717, 1.165) is 51.4 Å². The fourth-order valence-corrected chi connectivity index (χ4v) is 10.6. The molecular weight excluding hydrogens is 1150 g/mol. The van der Waals surface area contributed by atoms with E-state index in [0.29, 0.717) is 0 Å². The number of rotatable bonds is 64. The van der Waals surface area contributed by atoms with Gasteiger partial charge in [0.1, 0.15) is 0 Å². The van der Waals surface area contributed by atoms with E-state index in [4.69, 9.17) is 0 Å². The standard InChI is InChI=1S/4C18H36O2.Ca.Cd/c4*1-2-3-4-5-6-7-8-9-10-11-12-13-14-15-16-17-18(19)20;;/h4*2-17H2,1H3,(H,19,20);;/q;;;;2*+2/p-4. The van der Waals surface area contributed by atoms with E-state index in [1.807, 2.05) is 0 Å². The molecular formula is C72H140CaCdO8. The summed E-state index contributed by atoms with van der Waals surface area (Å²) >= 11 is 0. The number of hydrogen-bond acceptors (Lipinski definition) is 8. The van der Waals surface area contributed by atoms with Crippen LogP contribution in [0.5, 0.6) is 0 Å². The molecule has 480 valence electrons. The molecule has 0 fully saturated rings. The van der Waals surface area contributed by atoms with Crippen LogP contribution in [0.1, 0.15) is 439 Å². The van der Waals surface area contributed by atoms with Crippen LogP contribution < -0.4 is 20.4 Å². The maximum Gasteiger partial charge on any atom is 2.00 e. The average Bonchev–Trinajstić information content (AvgIpc) is 3.43. The molecule has 0 saturated heterocycles. The van der Waals surface area contributed by atoms with Crippen LogP contribution in [0.4, 0.5) is 0 Å². The first-order valence-corrected chi connectivity index (χ1v) is 35.9. The summed E-state index contributed by atoms with van der Waals surface area (Å²) in [5.74, 6) is -3.61. The summed E-state index contributed by atoms with van der Waals surface area (Å²) in [6.07, 6.45) is 79.4. The molecule has 0 N–H and O–H groups in total. The predicted molar refractivity (Wildman–Crippen MR) is 344 cm³/mol.